The molecule has 29 heavy (non-hydrogen) atoms. The number of anilines is 1. The number of nitrogens with one attached hydrogen (secondary N) is 1. The lowest BCUT2D eigenvalue weighted by atomic mass is 10.1. The first-order chi connectivity index (χ1) is 14.0. The minimum absolute atomic E-state index is 0.211. The highest BCUT2D eigenvalue weighted by Crippen LogP contribution is 2.28. The summed E-state index contributed by atoms with van der Waals surface area (Å²) in [5, 5.41) is 2.91. The molecule has 0 fully saturated rings. The zero-order chi connectivity index (χ0) is 20.0. The number of benzene rings is 3. The monoisotopic (exact) mass is 400 g/mol. The van der Waals surface area contributed by atoms with Crippen molar-refractivity contribution in [2.45, 2.75) is 13.8 Å². The molecule has 7 heteroatoms. The van der Waals surface area contributed by atoms with Crippen LogP contribution in [0.5, 0.6) is 0 Å². The third-order valence-electron chi connectivity index (χ3n) is 4.63. The van der Waals surface area contributed by atoms with Crippen molar-refractivity contribution in [3.8, 4) is 11.5 Å². The number of hydrogen-bond donors (Lipinski definition) is 1. The van der Waals surface area contributed by atoms with E-state index in [0.717, 1.165) is 33.9 Å². The molecule has 0 bridgehead atoms. The van der Waals surface area contributed by atoms with Gasteiger partial charge in [-0.05, 0) is 62.4 Å². The molecule has 2 heterocycles. The average Bonchev–Trinajstić information content (AvgIpc) is 3.33. The van der Waals surface area contributed by atoms with E-state index in [-0.39, 0.29) is 5.91 Å². The zero-order valence-corrected chi connectivity index (χ0v) is 16.6. The number of carbonyl (C=O) groups is 1. The Labute approximate surface area is 170 Å². The summed E-state index contributed by atoms with van der Waals surface area (Å²) in [6.07, 6.45) is 0. The highest BCUT2D eigenvalue weighted by Gasteiger charge is 2.12. The lowest BCUT2D eigenvalue weighted by Gasteiger charge is -2.04. The summed E-state index contributed by atoms with van der Waals surface area (Å²) in [4.78, 5) is 17.2. The second-order valence-corrected chi connectivity index (χ2v) is 7.53. The predicted octanol–water partition coefficient (Wildman–Crippen LogP) is 5.37. The number of amides is 1. The number of carbonyl (C=O) groups excluding carboxylic acids is 1. The Hall–Kier alpha value is -3.58. The highest BCUT2D eigenvalue weighted by molar-refractivity contribution is 7.00. The summed E-state index contributed by atoms with van der Waals surface area (Å²) < 4.78 is 14.2. The number of aryl methyl sites for hydroxylation is 2. The van der Waals surface area contributed by atoms with Gasteiger partial charge in [-0.3, -0.25) is 4.79 Å². The van der Waals surface area contributed by atoms with Gasteiger partial charge >= 0.3 is 0 Å². The van der Waals surface area contributed by atoms with Gasteiger partial charge in [0.25, 0.3) is 5.91 Å². The van der Waals surface area contributed by atoms with Crippen LogP contribution in [0.15, 0.2) is 59.0 Å². The molecule has 0 unspecified atom stereocenters. The highest BCUT2D eigenvalue weighted by atomic mass is 32.1. The zero-order valence-electron chi connectivity index (χ0n) is 15.8. The molecule has 2 aromatic heterocycles. The van der Waals surface area contributed by atoms with Gasteiger partial charge in [0.2, 0.25) is 5.89 Å². The molecule has 0 saturated carbocycles. The molecule has 0 aliphatic heterocycles. The summed E-state index contributed by atoms with van der Waals surface area (Å²) in [6.45, 7) is 4.09. The van der Waals surface area contributed by atoms with Crippen LogP contribution in [0, 0.1) is 13.8 Å². The van der Waals surface area contributed by atoms with Gasteiger partial charge in [0.05, 0.1) is 11.7 Å². The van der Waals surface area contributed by atoms with Crippen LogP contribution < -0.4 is 5.32 Å². The number of oxazole rings is 1. The fraction of sp³-hybridized carbons (Fsp3) is 0.0909. The van der Waals surface area contributed by atoms with Crippen molar-refractivity contribution in [2.24, 2.45) is 0 Å². The van der Waals surface area contributed by atoms with Gasteiger partial charge in [0, 0.05) is 16.8 Å². The molecule has 1 N–H and O–H groups in total. The van der Waals surface area contributed by atoms with E-state index in [1.165, 1.54) is 0 Å². The third kappa shape index (κ3) is 3.36. The Bertz CT molecular complexity index is 1370. The first kappa shape index (κ1) is 17.5. The van der Waals surface area contributed by atoms with Gasteiger partial charge in [-0.1, -0.05) is 17.2 Å². The molecule has 5 aromatic rings. The summed E-state index contributed by atoms with van der Waals surface area (Å²) in [5.74, 6) is 0.356. The van der Waals surface area contributed by atoms with Crippen LogP contribution in [0.4, 0.5) is 5.69 Å². The fourth-order valence-electron chi connectivity index (χ4n) is 3.35. The van der Waals surface area contributed by atoms with Crippen molar-refractivity contribution in [2.75, 3.05) is 5.32 Å². The molecule has 0 atom stereocenters. The molecule has 0 spiro atoms. The third-order valence-corrected chi connectivity index (χ3v) is 5.19. The van der Waals surface area contributed by atoms with Gasteiger partial charge in [-0.15, -0.1) is 0 Å². The minimum atomic E-state index is -0.211. The van der Waals surface area contributed by atoms with Crippen molar-refractivity contribution >= 4 is 45.5 Å². The molecule has 0 saturated heterocycles. The number of aromatic nitrogens is 3. The standard InChI is InChI=1S/C22H16N4O2S/c1-12-7-13(2)9-15(8-12)22-24-19-11-16(4-6-20(19)28-22)23-21(27)14-3-5-17-18(10-14)26-29-25-17/h3-11H,1-2H3,(H,23,27). The van der Waals surface area contributed by atoms with E-state index >= 15 is 0 Å². The van der Waals surface area contributed by atoms with Crippen LogP contribution in [0.3, 0.4) is 0 Å². The van der Waals surface area contributed by atoms with E-state index < -0.39 is 0 Å². The molecule has 0 aliphatic carbocycles. The fourth-order valence-corrected chi connectivity index (χ4v) is 3.87. The Balaban J connectivity index is 1.44. The maximum atomic E-state index is 12.6. The van der Waals surface area contributed by atoms with Crippen LogP contribution >= 0.6 is 11.7 Å². The Kier molecular flexibility index (Phi) is 4.10. The Morgan fingerprint density at radius 1 is 0.897 bits per heavy atom. The SMILES string of the molecule is Cc1cc(C)cc(-c2nc3cc(NC(=O)c4ccc5nsnc5c4)ccc3o2)c1. The van der Waals surface area contributed by atoms with Crippen LogP contribution in [0.25, 0.3) is 33.6 Å². The maximum absolute atomic E-state index is 12.6. The Morgan fingerprint density at radius 3 is 2.52 bits per heavy atom. The summed E-state index contributed by atoms with van der Waals surface area (Å²) in [5.41, 5.74) is 7.30. The normalized spacial score (nSPS) is 11.2. The smallest absolute Gasteiger partial charge is 0.255 e. The Morgan fingerprint density at radius 2 is 1.69 bits per heavy atom. The van der Waals surface area contributed by atoms with Gasteiger partial charge in [-0.2, -0.15) is 8.75 Å². The number of hydrogen-bond acceptors (Lipinski definition) is 6. The molecule has 6 nitrogen and oxygen atoms in total. The largest absolute Gasteiger partial charge is 0.436 e. The molecule has 5 rings (SSSR count). The lowest BCUT2D eigenvalue weighted by molar-refractivity contribution is 0.102. The second-order valence-electron chi connectivity index (χ2n) is 7.00. The summed E-state index contributed by atoms with van der Waals surface area (Å²) in [6, 6.07) is 16.9. The summed E-state index contributed by atoms with van der Waals surface area (Å²) in [7, 11) is 0. The molecule has 3 aromatic carbocycles. The molecular formula is C22H16N4O2S. The van der Waals surface area contributed by atoms with E-state index in [9.17, 15) is 4.79 Å². The van der Waals surface area contributed by atoms with Crippen LogP contribution in [-0.4, -0.2) is 19.6 Å². The van der Waals surface area contributed by atoms with Crippen molar-refractivity contribution in [1.29, 1.82) is 0 Å². The first-order valence-corrected chi connectivity index (χ1v) is 9.81. The van der Waals surface area contributed by atoms with E-state index in [0.29, 0.717) is 33.8 Å². The first-order valence-electron chi connectivity index (χ1n) is 9.08. The van der Waals surface area contributed by atoms with Crippen molar-refractivity contribution < 1.29 is 9.21 Å². The predicted molar refractivity (Wildman–Crippen MR) is 114 cm³/mol. The van der Waals surface area contributed by atoms with Crippen molar-refractivity contribution in [3.05, 3.63) is 71.3 Å². The van der Waals surface area contributed by atoms with E-state index in [1.54, 1.807) is 24.3 Å². The second kappa shape index (κ2) is 6.79. The minimum Gasteiger partial charge on any atom is -0.436 e. The summed E-state index contributed by atoms with van der Waals surface area (Å²) >= 11 is 1.13. The topological polar surface area (TPSA) is 80.9 Å². The number of fused-ring (bicyclic) bond motifs is 2. The van der Waals surface area contributed by atoms with Gasteiger partial charge in [0.1, 0.15) is 16.6 Å². The van der Waals surface area contributed by atoms with Gasteiger partial charge in [-0.25, -0.2) is 4.98 Å². The van der Waals surface area contributed by atoms with Crippen LogP contribution in [0.1, 0.15) is 21.5 Å². The molecular weight excluding hydrogens is 384 g/mol. The van der Waals surface area contributed by atoms with Crippen molar-refractivity contribution in [3.63, 3.8) is 0 Å². The van der Waals surface area contributed by atoms with Crippen LogP contribution in [0.2, 0.25) is 0 Å². The molecule has 0 radical (unpaired) electrons. The van der Waals surface area contributed by atoms with Gasteiger partial charge in [0.15, 0.2) is 5.58 Å². The van der Waals surface area contributed by atoms with Crippen LogP contribution in [-0.2, 0) is 0 Å². The molecule has 142 valence electrons. The maximum Gasteiger partial charge on any atom is 0.255 e. The lowest BCUT2D eigenvalue weighted by Crippen LogP contribution is -2.11. The van der Waals surface area contributed by atoms with E-state index in [2.05, 4.69) is 25.1 Å². The van der Waals surface area contributed by atoms with Gasteiger partial charge < -0.3 is 9.73 Å². The average molecular weight is 400 g/mol. The quantitative estimate of drug-likeness (QED) is 0.440. The number of rotatable bonds is 3. The van der Waals surface area contributed by atoms with E-state index in [1.807, 2.05) is 38.1 Å². The van der Waals surface area contributed by atoms with Crippen molar-refractivity contribution in [1.82, 2.24) is 13.7 Å². The van der Waals surface area contributed by atoms with E-state index in [4.69, 9.17) is 4.42 Å². The number of nitrogens with zero attached hydrogens (tertiary/aromatic N) is 3. The molecule has 1 amide bonds. The molecule has 0 aliphatic rings.